The summed E-state index contributed by atoms with van der Waals surface area (Å²) >= 11 is 0. The molecule has 2 heterocycles. The summed E-state index contributed by atoms with van der Waals surface area (Å²) in [5.41, 5.74) is 3.82. The smallest absolute Gasteiger partial charge is 0.214 e. The van der Waals surface area contributed by atoms with Crippen LogP contribution in [0.1, 0.15) is 42.3 Å². The van der Waals surface area contributed by atoms with Crippen LogP contribution in [0.3, 0.4) is 0 Å². The first-order chi connectivity index (χ1) is 17.6. The summed E-state index contributed by atoms with van der Waals surface area (Å²) in [6.07, 6.45) is 0.168. The molecule has 0 aliphatic carbocycles. The number of hydrogen-bond acceptors (Lipinski definition) is 8. The van der Waals surface area contributed by atoms with E-state index >= 15 is 0 Å². The minimum Gasteiger partial charge on any atom is -0.497 e. The van der Waals surface area contributed by atoms with Crippen molar-refractivity contribution in [1.82, 2.24) is 5.01 Å². The third kappa shape index (κ3) is 4.02. The van der Waals surface area contributed by atoms with E-state index < -0.39 is 6.23 Å². The van der Waals surface area contributed by atoms with Gasteiger partial charge in [-0.1, -0.05) is 24.3 Å². The fraction of sp³-hybridized carbons (Fsp3) is 0.321. The zero-order valence-corrected chi connectivity index (χ0v) is 21.1. The lowest BCUT2D eigenvalue weighted by molar-refractivity contribution is -0.0214. The molecular weight excluding hydrogens is 460 g/mol. The minimum atomic E-state index is -0.541. The van der Waals surface area contributed by atoms with Gasteiger partial charge in [0.2, 0.25) is 12.0 Å². The highest BCUT2D eigenvalue weighted by Gasteiger charge is 2.42. The number of hydrazone groups is 1. The van der Waals surface area contributed by atoms with Crippen molar-refractivity contribution in [1.29, 1.82) is 0 Å². The summed E-state index contributed by atoms with van der Waals surface area (Å²) < 4.78 is 34.8. The molecule has 3 aromatic rings. The molecule has 0 unspecified atom stereocenters. The molecule has 2 atom stereocenters. The van der Waals surface area contributed by atoms with Gasteiger partial charge in [-0.15, -0.1) is 0 Å². The van der Waals surface area contributed by atoms with Gasteiger partial charge >= 0.3 is 0 Å². The largest absolute Gasteiger partial charge is 0.497 e. The summed E-state index contributed by atoms with van der Waals surface area (Å²) in [5, 5.41) is 7.06. The molecule has 0 N–H and O–H groups in total. The first-order valence-corrected chi connectivity index (χ1v) is 11.8. The summed E-state index contributed by atoms with van der Waals surface area (Å²) in [6, 6.07) is 17.7. The number of hydrogen-bond donors (Lipinski definition) is 0. The van der Waals surface area contributed by atoms with E-state index in [0.29, 0.717) is 36.0 Å². The average molecular weight is 491 g/mol. The van der Waals surface area contributed by atoms with E-state index in [1.165, 1.54) is 0 Å². The molecule has 0 amide bonds. The number of para-hydroxylation sites is 1. The summed E-state index contributed by atoms with van der Waals surface area (Å²) in [7, 11) is 6.45. The third-order valence-electron chi connectivity index (χ3n) is 6.46. The Labute approximate surface area is 210 Å². The maximum Gasteiger partial charge on any atom is 0.214 e. The van der Waals surface area contributed by atoms with Crippen LogP contribution < -0.4 is 28.4 Å². The number of rotatable bonds is 8. The molecule has 3 aromatic carbocycles. The fourth-order valence-corrected chi connectivity index (χ4v) is 4.79. The molecule has 188 valence electrons. The van der Waals surface area contributed by atoms with Gasteiger partial charge in [0.05, 0.1) is 46.8 Å². The number of fused-ring (bicyclic) bond motifs is 3. The van der Waals surface area contributed by atoms with Crippen molar-refractivity contribution in [3.8, 4) is 34.5 Å². The third-order valence-corrected chi connectivity index (χ3v) is 6.46. The van der Waals surface area contributed by atoms with Crippen LogP contribution >= 0.6 is 0 Å². The molecular formula is C28H30N2O6. The molecule has 0 bridgehead atoms. The number of nitrogens with zero attached hydrogens (tertiary/aromatic N) is 2. The van der Waals surface area contributed by atoms with Crippen LogP contribution in [0.25, 0.3) is 0 Å². The van der Waals surface area contributed by atoms with Crippen LogP contribution in [0.5, 0.6) is 34.5 Å². The van der Waals surface area contributed by atoms with Gasteiger partial charge in [-0.05, 0) is 37.3 Å². The molecule has 0 fully saturated rings. The topological polar surface area (TPSA) is 71.0 Å². The Hall–Kier alpha value is -4.07. The first kappa shape index (κ1) is 23.7. The summed E-state index contributed by atoms with van der Waals surface area (Å²) in [5.74, 6) is 3.84. The predicted molar refractivity (Wildman–Crippen MR) is 136 cm³/mol. The molecule has 8 heteroatoms. The highest BCUT2D eigenvalue weighted by atomic mass is 16.5. The van der Waals surface area contributed by atoms with Gasteiger partial charge in [-0.3, -0.25) is 0 Å². The van der Waals surface area contributed by atoms with Crippen LogP contribution in [-0.4, -0.2) is 45.8 Å². The molecule has 2 aliphatic heterocycles. The van der Waals surface area contributed by atoms with Crippen molar-refractivity contribution in [3.63, 3.8) is 0 Å². The average Bonchev–Trinajstić information content (AvgIpc) is 3.38. The summed E-state index contributed by atoms with van der Waals surface area (Å²) in [4.78, 5) is 0. The Morgan fingerprint density at radius 3 is 2.31 bits per heavy atom. The van der Waals surface area contributed by atoms with E-state index in [9.17, 15) is 0 Å². The van der Waals surface area contributed by atoms with Crippen molar-refractivity contribution >= 4 is 5.71 Å². The number of benzene rings is 3. The highest BCUT2D eigenvalue weighted by molar-refractivity contribution is 6.02. The zero-order valence-electron chi connectivity index (χ0n) is 21.1. The van der Waals surface area contributed by atoms with E-state index in [0.717, 1.165) is 33.9 Å². The van der Waals surface area contributed by atoms with Crippen LogP contribution in [0.2, 0.25) is 0 Å². The lowest BCUT2D eigenvalue weighted by Crippen LogP contribution is -2.34. The Bertz CT molecular complexity index is 1270. The van der Waals surface area contributed by atoms with Gasteiger partial charge in [0.25, 0.3) is 0 Å². The van der Waals surface area contributed by atoms with Gasteiger partial charge < -0.3 is 28.4 Å². The highest BCUT2D eigenvalue weighted by Crippen LogP contribution is 2.52. The maximum atomic E-state index is 6.63. The molecule has 2 aliphatic rings. The standard InChI is InChI=1S/C28H30N2O6/c1-6-35-23-12-8-11-20-22-16-21(17-9-7-10-19(13-17)31-2)29-30(22)28(36-26(20)23)18-14-24(32-3)27(34-5)25(15-18)33-4/h7-15,22,28H,6,16H2,1-5H3/t22-,28+/m0/s1. The van der Waals surface area contributed by atoms with Crippen LogP contribution in [0.15, 0.2) is 59.7 Å². The SMILES string of the molecule is CCOc1cccc2c1O[C@H](c1cc(OC)c(OC)c(OC)c1)N1N=C(c3cccc(OC)c3)C[C@@H]21. The van der Waals surface area contributed by atoms with E-state index in [1.807, 2.05) is 60.5 Å². The maximum absolute atomic E-state index is 6.63. The zero-order chi connectivity index (χ0) is 25.2. The second-order valence-electron chi connectivity index (χ2n) is 8.41. The van der Waals surface area contributed by atoms with E-state index in [-0.39, 0.29) is 6.04 Å². The number of ether oxygens (including phenoxy) is 6. The fourth-order valence-electron chi connectivity index (χ4n) is 4.79. The van der Waals surface area contributed by atoms with Gasteiger partial charge in [0, 0.05) is 23.1 Å². The predicted octanol–water partition coefficient (Wildman–Crippen LogP) is 5.36. The Morgan fingerprint density at radius 1 is 0.889 bits per heavy atom. The molecule has 36 heavy (non-hydrogen) atoms. The Kier molecular flexibility index (Phi) is 6.50. The molecule has 0 saturated heterocycles. The van der Waals surface area contributed by atoms with E-state index in [1.54, 1.807) is 28.4 Å². The number of methoxy groups -OCH3 is 4. The second-order valence-corrected chi connectivity index (χ2v) is 8.41. The summed E-state index contributed by atoms with van der Waals surface area (Å²) in [6.45, 7) is 2.50. The van der Waals surface area contributed by atoms with Crippen molar-refractivity contribution in [2.24, 2.45) is 5.10 Å². The first-order valence-electron chi connectivity index (χ1n) is 11.8. The normalized spacial score (nSPS) is 17.9. The quantitative estimate of drug-likeness (QED) is 0.421. The van der Waals surface area contributed by atoms with Crippen molar-refractivity contribution in [2.75, 3.05) is 35.0 Å². The van der Waals surface area contributed by atoms with E-state index in [4.69, 9.17) is 33.5 Å². The van der Waals surface area contributed by atoms with Gasteiger partial charge in [0.15, 0.2) is 23.0 Å². The van der Waals surface area contributed by atoms with Crippen molar-refractivity contribution < 1.29 is 28.4 Å². The molecule has 5 rings (SSSR count). The van der Waals surface area contributed by atoms with Crippen LogP contribution in [0, 0.1) is 0 Å². The molecule has 0 spiro atoms. The van der Waals surface area contributed by atoms with Gasteiger partial charge in [-0.25, -0.2) is 5.01 Å². The van der Waals surface area contributed by atoms with E-state index in [2.05, 4.69) is 6.07 Å². The van der Waals surface area contributed by atoms with Gasteiger partial charge in [-0.2, -0.15) is 5.10 Å². The Morgan fingerprint density at radius 2 is 1.64 bits per heavy atom. The van der Waals surface area contributed by atoms with Crippen LogP contribution in [-0.2, 0) is 0 Å². The van der Waals surface area contributed by atoms with Gasteiger partial charge in [0.1, 0.15) is 5.75 Å². The van der Waals surface area contributed by atoms with Crippen molar-refractivity contribution in [3.05, 3.63) is 71.3 Å². The molecule has 0 saturated carbocycles. The monoisotopic (exact) mass is 490 g/mol. The Balaban J connectivity index is 1.65. The van der Waals surface area contributed by atoms with Crippen LogP contribution in [0.4, 0.5) is 0 Å². The minimum absolute atomic E-state index is 0.0422. The lowest BCUT2D eigenvalue weighted by Gasteiger charge is -2.39. The molecule has 0 aromatic heterocycles. The van der Waals surface area contributed by atoms with Crippen molar-refractivity contribution in [2.45, 2.75) is 25.6 Å². The molecule has 8 nitrogen and oxygen atoms in total. The molecule has 0 radical (unpaired) electrons. The second kappa shape index (κ2) is 9.89. The lowest BCUT2D eigenvalue weighted by atomic mass is 9.95.